The summed E-state index contributed by atoms with van der Waals surface area (Å²) < 4.78 is 5.44. The second-order valence-corrected chi connectivity index (χ2v) is 5.23. The lowest BCUT2D eigenvalue weighted by Gasteiger charge is -2.41. The van der Waals surface area contributed by atoms with Crippen LogP contribution in [0.3, 0.4) is 0 Å². The van der Waals surface area contributed by atoms with Crippen molar-refractivity contribution in [1.29, 1.82) is 0 Å². The van der Waals surface area contributed by atoms with Gasteiger partial charge >= 0.3 is 5.97 Å². The van der Waals surface area contributed by atoms with Crippen LogP contribution in [0.25, 0.3) is 0 Å². The van der Waals surface area contributed by atoms with Crippen LogP contribution >= 0.6 is 0 Å². The van der Waals surface area contributed by atoms with E-state index in [1.807, 2.05) is 13.0 Å². The number of carboxylic acids is 1. The zero-order valence-corrected chi connectivity index (χ0v) is 11.0. The van der Waals surface area contributed by atoms with E-state index in [1.54, 1.807) is 7.11 Å². The molecule has 3 atom stereocenters. The Morgan fingerprint density at radius 2 is 2.21 bits per heavy atom. The van der Waals surface area contributed by atoms with E-state index < -0.39 is 5.97 Å². The van der Waals surface area contributed by atoms with Crippen molar-refractivity contribution in [2.24, 2.45) is 5.92 Å². The number of methoxy groups -OCH3 is 1. The Morgan fingerprint density at radius 1 is 1.47 bits per heavy atom. The fourth-order valence-electron chi connectivity index (χ4n) is 3.74. The number of rotatable bonds is 2. The minimum atomic E-state index is -1.02. The van der Waals surface area contributed by atoms with Crippen molar-refractivity contribution in [2.45, 2.75) is 38.3 Å². The third-order valence-electron chi connectivity index (χ3n) is 4.48. The normalized spacial score (nSPS) is 35.3. The van der Waals surface area contributed by atoms with Crippen molar-refractivity contribution in [3.63, 3.8) is 0 Å². The quantitative estimate of drug-likeness (QED) is 0.602. The minimum Gasteiger partial charge on any atom is -0.477 e. The number of β-lactam (4-membered cyclic amide) rings is 1. The summed E-state index contributed by atoms with van der Waals surface area (Å²) in [4.78, 5) is 25.0. The highest BCUT2D eigenvalue weighted by atomic mass is 16.5. The number of hydrogen-bond acceptors (Lipinski definition) is 3. The van der Waals surface area contributed by atoms with E-state index in [2.05, 4.69) is 0 Å². The molecule has 1 aliphatic carbocycles. The zero-order chi connectivity index (χ0) is 13.7. The molecule has 5 nitrogen and oxygen atoms in total. The second-order valence-electron chi connectivity index (χ2n) is 5.23. The maximum atomic E-state index is 12.0. The average Bonchev–Trinajstić information content (AvgIpc) is 2.70. The molecule has 2 aliphatic heterocycles. The van der Waals surface area contributed by atoms with Gasteiger partial charge < -0.3 is 9.84 Å². The zero-order valence-electron chi connectivity index (χ0n) is 11.0. The molecule has 0 aromatic heterocycles. The van der Waals surface area contributed by atoms with Gasteiger partial charge in [-0.25, -0.2) is 4.79 Å². The van der Waals surface area contributed by atoms with Gasteiger partial charge in [-0.1, -0.05) is 6.08 Å². The number of nitrogens with zero attached hydrogens (tertiary/aromatic N) is 1. The summed E-state index contributed by atoms with van der Waals surface area (Å²) in [7, 11) is 1.60. The molecule has 102 valence electrons. The standard InChI is InChI=1S/C14H17NO4/c1-3-7-11-8-5-4-6-9(19-2)10(8)12(14(17)18)15(11)13(7)16/h3,8-9,11H,4-6H2,1-2H3,(H,17,18)/b7-3+/t8-,9-,11+/m1/s1. The molecule has 2 heterocycles. The Balaban J connectivity index is 2.10. The van der Waals surface area contributed by atoms with Gasteiger partial charge in [-0.2, -0.15) is 0 Å². The van der Waals surface area contributed by atoms with Crippen LogP contribution in [0.1, 0.15) is 26.2 Å². The predicted octanol–water partition coefficient (Wildman–Crippen LogP) is 1.31. The first kappa shape index (κ1) is 12.4. The minimum absolute atomic E-state index is 0.0726. The molecule has 0 bridgehead atoms. The number of aliphatic carboxylic acids is 1. The molecule has 0 radical (unpaired) electrons. The molecular formula is C14H17NO4. The molecule has 19 heavy (non-hydrogen) atoms. The molecule has 3 aliphatic rings. The van der Waals surface area contributed by atoms with Gasteiger partial charge in [0.1, 0.15) is 5.70 Å². The smallest absolute Gasteiger partial charge is 0.352 e. The van der Waals surface area contributed by atoms with Crippen molar-refractivity contribution in [3.8, 4) is 0 Å². The summed E-state index contributed by atoms with van der Waals surface area (Å²) in [6.45, 7) is 1.83. The highest BCUT2D eigenvalue weighted by Gasteiger charge is 2.58. The lowest BCUT2D eigenvalue weighted by atomic mass is 9.75. The van der Waals surface area contributed by atoms with Gasteiger partial charge in [0.2, 0.25) is 0 Å². The number of fused-ring (bicyclic) bond motifs is 3. The topological polar surface area (TPSA) is 66.8 Å². The summed E-state index contributed by atoms with van der Waals surface area (Å²) in [5.41, 5.74) is 1.73. The average molecular weight is 263 g/mol. The summed E-state index contributed by atoms with van der Waals surface area (Å²) >= 11 is 0. The van der Waals surface area contributed by atoms with Crippen molar-refractivity contribution < 1.29 is 19.4 Å². The molecule has 2 fully saturated rings. The molecule has 1 N–H and O–H groups in total. The fourth-order valence-corrected chi connectivity index (χ4v) is 3.74. The van der Waals surface area contributed by atoms with E-state index in [-0.39, 0.29) is 29.7 Å². The molecule has 0 spiro atoms. The third kappa shape index (κ3) is 1.45. The number of carbonyl (C=O) groups is 2. The number of carbonyl (C=O) groups excluding carboxylic acids is 1. The van der Waals surface area contributed by atoms with Crippen LogP contribution in [-0.2, 0) is 14.3 Å². The van der Waals surface area contributed by atoms with Gasteiger partial charge in [0.15, 0.2) is 0 Å². The Labute approximate surface area is 111 Å². The van der Waals surface area contributed by atoms with Gasteiger partial charge in [0.05, 0.1) is 12.1 Å². The maximum Gasteiger partial charge on any atom is 0.352 e. The number of hydrogen-bond donors (Lipinski definition) is 1. The van der Waals surface area contributed by atoms with Crippen LogP contribution in [0.5, 0.6) is 0 Å². The van der Waals surface area contributed by atoms with E-state index in [0.29, 0.717) is 0 Å². The predicted molar refractivity (Wildman–Crippen MR) is 67.2 cm³/mol. The first-order valence-electron chi connectivity index (χ1n) is 6.61. The molecule has 0 aromatic carbocycles. The van der Waals surface area contributed by atoms with E-state index in [0.717, 1.165) is 30.4 Å². The number of allylic oxidation sites excluding steroid dienone is 1. The number of amides is 1. The first-order chi connectivity index (χ1) is 9.11. The highest BCUT2D eigenvalue weighted by molar-refractivity contribution is 6.09. The van der Waals surface area contributed by atoms with E-state index in [1.165, 1.54) is 4.90 Å². The van der Waals surface area contributed by atoms with Gasteiger partial charge in [0.25, 0.3) is 5.91 Å². The monoisotopic (exact) mass is 263 g/mol. The van der Waals surface area contributed by atoms with Gasteiger partial charge in [-0.05, 0) is 31.8 Å². The van der Waals surface area contributed by atoms with Gasteiger partial charge in [-0.15, -0.1) is 0 Å². The van der Waals surface area contributed by atoms with E-state index in [4.69, 9.17) is 4.74 Å². The van der Waals surface area contributed by atoms with Crippen LogP contribution in [0.15, 0.2) is 22.9 Å². The molecule has 1 amide bonds. The molecule has 0 aromatic rings. The largest absolute Gasteiger partial charge is 0.477 e. The number of carboxylic acid groups (broad SMARTS) is 1. The summed E-state index contributed by atoms with van der Waals surface area (Å²) in [6, 6.07) is -0.0726. The molecule has 5 heteroatoms. The van der Waals surface area contributed by atoms with E-state index >= 15 is 0 Å². The highest BCUT2D eigenvalue weighted by Crippen LogP contribution is 2.51. The maximum absolute atomic E-state index is 12.0. The summed E-state index contributed by atoms with van der Waals surface area (Å²) in [5, 5.41) is 9.44. The fraction of sp³-hybridized carbons (Fsp3) is 0.571. The Hall–Kier alpha value is -1.62. The van der Waals surface area contributed by atoms with Crippen molar-refractivity contribution in [3.05, 3.63) is 22.9 Å². The first-order valence-corrected chi connectivity index (χ1v) is 6.61. The van der Waals surface area contributed by atoms with Crippen LogP contribution in [0.2, 0.25) is 0 Å². The molecule has 0 unspecified atom stereocenters. The Kier molecular flexibility index (Phi) is 2.74. The third-order valence-corrected chi connectivity index (χ3v) is 4.48. The Morgan fingerprint density at radius 3 is 2.79 bits per heavy atom. The SMILES string of the molecule is C/C=C1/C(=O)N2C(C(=O)O)=C3[C@@H](CCC[C@H]3OC)[C@H]12. The van der Waals surface area contributed by atoms with E-state index in [9.17, 15) is 14.7 Å². The number of ether oxygens (including phenoxy) is 1. The van der Waals surface area contributed by atoms with Crippen molar-refractivity contribution in [2.75, 3.05) is 7.11 Å². The van der Waals surface area contributed by atoms with Gasteiger partial charge in [-0.3, -0.25) is 9.69 Å². The Bertz CT molecular complexity index is 520. The van der Waals surface area contributed by atoms with Crippen molar-refractivity contribution >= 4 is 11.9 Å². The summed E-state index contributed by atoms with van der Waals surface area (Å²) in [6.07, 6.45) is 4.41. The van der Waals surface area contributed by atoms with Crippen LogP contribution in [-0.4, -0.2) is 41.1 Å². The van der Waals surface area contributed by atoms with Crippen LogP contribution < -0.4 is 0 Å². The van der Waals surface area contributed by atoms with Gasteiger partial charge in [0, 0.05) is 18.6 Å². The van der Waals surface area contributed by atoms with Crippen LogP contribution in [0.4, 0.5) is 0 Å². The lowest BCUT2D eigenvalue weighted by Crippen LogP contribution is -2.54. The molecular weight excluding hydrogens is 246 g/mol. The van der Waals surface area contributed by atoms with Crippen molar-refractivity contribution in [1.82, 2.24) is 4.90 Å². The molecule has 3 rings (SSSR count). The summed E-state index contributed by atoms with van der Waals surface area (Å²) in [5.74, 6) is -1.06. The molecule has 1 saturated heterocycles. The lowest BCUT2D eigenvalue weighted by molar-refractivity contribution is -0.142. The second kappa shape index (κ2) is 4.20. The molecule has 1 saturated carbocycles. The van der Waals surface area contributed by atoms with Crippen LogP contribution in [0, 0.1) is 5.92 Å².